The lowest BCUT2D eigenvalue weighted by Crippen LogP contribution is -2.08. The molecule has 70 valence electrons. The van der Waals surface area contributed by atoms with Crippen molar-refractivity contribution in [3.63, 3.8) is 0 Å². The van der Waals surface area contributed by atoms with E-state index in [0.29, 0.717) is 11.9 Å². The van der Waals surface area contributed by atoms with Crippen LogP contribution < -0.4 is 4.74 Å². The largest absolute Gasteiger partial charge is 0.461 e. The van der Waals surface area contributed by atoms with Gasteiger partial charge in [0.15, 0.2) is 0 Å². The summed E-state index contributed by atoms with van der Waals surface area (Å²) in [5.74, 6) is 0.664. The standard InChI is InChI=1S/C10H14N2O/c1-7(2)13-10-11-6-5-9(12-10)8-3-4-8/h5-8H,3-4H2,1-2H3. The second-order valence-corrected chi connectivity index (χ2v) is 3.70. The van der Waals surface area contributed by atoms with E-state index >= 15 is 0 Å². The van der Waals surface area contributed by atoms with Crippen LogP contribution in [0.3, 0.4) is 0 Å². The first kappa shape index (κ1) is 8.48. The molecule has 1 aliphatic carbocycles. The van der Waals surface area contributed by atoms with Crippen molar-refractivity contribution >= 4 is 0 Å². The Labute approximate surface area is 78.2 Å². The normalized spacial score (nSPS) is 16.2. The highest BCUT2D eigenvalue weighted by Crippen LogP contribution is 2.39. The minimum atomic E-state index is 0.148. The molecular weight excluding hydrogens is 164 g/mol. The van der Waals surface area contributed by atoms with Crippen LogP contribution in [0.5, 0.6) is 6.01 Å². The van der Waals surface area contributed by atoms with Gasteiger partial charge in [-0.2, -0.15) is 4.98 Å². The molecule has 2 rings (SSSR count). The first-order valence-corrected chi connectivity index (χ1v) is 4.75. The summed E-state index contributed by atoms with van der Waals surface area (Å²) in [5, 5.41) is 0. The maximum atomic E-state index is 5.41. The molecule has 1 aromatic heterocycles. The number of ether oxygens (including phenoxy) is 1. The predicted molar refractivity (Wildman–Crippen MR) is 49.8 cm³/mol. The third-order valence-corrected chi connectivity index (χ3v) is 1.99. The lowest BCUT2D eigenvalue weighted by molar-refractivity contribution is 0.221. The number of hydrogen-bond acceptors (Lipinski definition) is 3. The summed E-state index contributed by atoms with van der Waals surface area (Å²) >= 11 is 0. The number of aromatic nitrogens is 2. The van der Waals surface area contributed by atoms with Gasteiger partial charge < -0.3 is 4.74 Å². The summed E-state index contributed by atoms with van der Waals surface area (Å²) in [7, 11) is 0. The Morgan fingerprint density at radius 2 is 2.23 bits per heavy atom. The molecule has 3 nitrogen and oxygen atoms in total. The van der Waals surface area contributed by atoms with Crippen LogP contribution in [0.4, 0.5) is 0 Å². The summed E-state index contributed by atoms with van der Waals surface area (Å²) < 4.78 is 5.41. The van der Waals surface area contributed by atoms with Crippen LogP contribution in [0.15, 0.2) is 12.3 Å². The minimum Gasteiger partial charge on any atom is -0.461 e. The molecule has 1 fully saturated rings. The highest BCUT2D eigenvalue weighted by molar-refractivity contribution is 5.15. The molecule has 0 radical (unpaired) electrons. The van der Waals surface area contributed by atoms with Crippen LogP contribution in [0.1, 0.15) is 38.3 Å². The lowest BCUT2D eigenvalue weighted by Gasteiger charge is -2.07. The monoisotopic (exact) mass is 178 g/mol. The van der Waals surface area contributed by atoms with Gasteiger partial charge in [0, 0.05) is 12.1 Å². The van der Waals surface area contributed by atoms with Gasteiger partial charge in [-0.3, -0.25) is 0 Å². The van der Waals surface area contributed by atoms with Crippen molar-refractivity contribution in [2.24, 2.45) is 0 Å². The van der Waals surface area contributed by atoms with Crippen molar-refractivity contribution < 1.29 is 4.74 Å². The molecule has 13 heavy (non-hydrogen) atoms. The minimum absolute atomic E-state index is 0.148. The lowest BCUT2D eigenvalue weighted by atomic mass is 10.3. The van der Waals surface area contributed by atoms with E-state index in [9.17, 15) is 0 Å². The van der Waals surface area contributed by atoms with Gasteiger partial charge in [0.05, 0.1) is 11.8 Å². The van der Waals surface area contributed by atoms with E-state index in [4.69, 9.17) is 4.74 Å². The summed E-state index contributed by atoms with van der Waals surface area (Å²) in [6.45, 7) is 3.96. The number of rotatable bonds is 3. The van der Waals surface area contributed by atoms with Gasteiger partial charge in [-0.1, -0.05) is 0 Å². The zero-order valence-electron chi connectivity index (χ0n) is 8.03. The molecular formula is C10H14N2O. The number of nitrogens with zero attached hydrogens (tertiary/aromatic N) is 2. The molecule has 0 atom stereocenters. The fourth-order valence-electron chi connectivity index (χ4n) is 1.23. The van der Waals surface area contributed by atoms with Gasteiger partial charge in [-0.25, -0.2) is 4.98 Å². The molecule has 0 aliphatic heterocycles. The molecule has 1 aliphatic rings. The summed E-state index contributed by atoms with van der Waals surface area (Å²) in [4.78, 5) is 8.40. The van der Waals surface area contributed by atoms with E-state index in [1.54, 1.807) is 6.20 Å². The third-order valence-electron chi connectivity index (χ3n) is 1.99. The second kappa shape index (κ2) is 3.32. The van der Waals surface area contributed by atoms with Crippen LogP contribution >= 0.6 is 0 Å². The van der Waals surface area contributed by atoms with Crippen molar-refractivity contribution in [2.75, 3.05) is 0 Å². The topological polar surface area (TPSA) is 35.0 Å². The van der Waals surface area contributed by atoms with Crippen LogP contribution in [0.2, 0.25) is 0 Å². The van der Waals surface area contributed by atoms with Crippen molar-refractivity contribution in [2.45, 2.75) is 38.7 Å². The summed E-state index contributed by atoms with van der Waals surface area (Å²) in [5.41, 5.74) is 1.13. The van der Waals surface area contributed by atoms with Gasteiger partial charge in [-0.15, -0.1) is 0 Å². The van der Waals surface area contributed by atoms with Crippen LogP contribution in [-0.2, 0) is 0 Å². The quantitative estimate of drug-likeness (QED) is 0.711. The zero-order chi connectivity index (χ0) is 9.26. The van der Waals surface area contributed by atoms with E-state index in [2.05, 4.69) is 9.97 Å². The van der Waals surface area contributed by atoms with Crippen LogP contribution in [0, 0.1) is 0 Å². The summed E-state index contributed by atoms with van der Waals surface area (Å²) in [6.07, 6.45) is 4.45. The highest BCUT2D eigenvalue weighted by atomic mass is 16.5. The summed E-state index contributed by atoms with van der Waals surface area (Å²) in [6, 6.07) is 2.49. The highest BCUT2D eigenvalue weighted by Gasteiger charge is 2.25. The van der Waals surface area contributed by atoms with Crippen LogP contribution in [-0.4, -0.2) is 16.1 Å². The van der Waals surface area contributed by atoms with Crippen LogP contribution in [0.25, 0.3) is 0 Å². The van der Waals surface area contributed by atoms with E-state index in [-0.39, 0.29) is 6.10 Å². The van der Waals surface area contributed by atoms with Gasteiger partial charge in [0.2, 0.25) is 0 Å². The zero-order valence-corrected chi connectivity index (χ0v) is 8.03. The fourth-order valence-corrected chi connectivity index (χ4v) is 1.23. The average Bonchev–Trinajstić information content (AvgIpc) is 2.85. The maximum Gasteiger partial charge on any atom is 0.316 e. The van der Waals surface area contributed by atoms with E-state index in [1.807, 2.05) is 19.9 Å². The molecule has 1 aromatic rings. The second-order valence-electron chi connectivity index (χ2n) is 3.70. The van der Waals surface area contributed by atoms with Crippen molar-refractivity contribution in [1.29, 1.82) is 0 Å². The third kappa shape index (κ3) is 2.17. The molecule has 0 aromatic carbocycles. The smallest absolute Gasteiger partial charge is 0.316 e. The molecule has 0 saturated heterocycles. The first-order chi connectivity index (χ1) is 6.25. The van der Waals surface area contributed by atoms with E-state index in [0.717, 1.165) is 5.69 Å². The Bertz CT molecular complexity index is 295. The molecule has 0 unspecified atom stereocenters. The van der Waals surface area contributed by atoms with Gasteiger partial charge >= 0.3 is 6.01 Å². The molecule has 0 N–H and O–H groups in total. The van der Waals surface area contributed by atoms with E-state index in [1.165, 1.54) is 12.8 Å². The molecule has 0 bridgehead atoms. The molecule has 1 saturated carbocycles. The Morgan fingerprint density at radius 1 is 1.46 bits per heavy atom. The SMILES string of the molecule is CC(C)Oc1nccc(C2CC2)n1. The molecule has 1 heterocycles. The Morgan fingerprint density at radius 3 is 2.85 bits per heavy atom. The maximum absolute atomic E-state index is 5.41. The fraction of sp³-hybridized carbons (Fsp3) is 0.600. The first-order valence-electron chi connectivity index (χ1n) is 4.75. The Balaban J connectivity index is 2.12. The van der Waals surface area contributed by atoms with Crippen molar-refractivity contribution in [1.82, 2.24) is 9.97 Å². The van der Waals surface area contributed by atoms with E-state index < -0.39 is 0 Å². The van der Waals surface area contributed by atoms with Crippen molar-refractivity contribution in [3.05, 3.63) is 18.0 Å². The Kier molecular flexibility index (Phi) is 2.17. The van der Waals surface area contributed by atoms with Crippen molar-refractivity contribution in [3.8, 4) is 6.01 Å². The molecule has 0 amide bonds. The predicted octanol–water partition coefficient (Wildman–Crippen LogP) is 2.14. The molecule has 3 heteroatoms. The Hall–Kier alpha value is -1.12. The molecule has 0 spiro atoms. The van der Waals surface area contributed by atoms with Gasteiger partial charge in [0.1, 0.15) is 0 Å². The average molecular weight is 178 g/mol. The van der Waals surface area contributed by atoms with Gasteiger partial charge in [0.25, 0.3) is 0 Å². The van der Waals surface area contributed by atoms with Gasteiger partial charge in [-0.05, 0) is 32.8 Å². The number of hydrogen-bond donors (Lipinski definition) is 0.